The number of nitrogens with one attached hydrogen (secondary N) is 2. The first-order valence-corrected chi connectivity index (χ1v) is 7.70. The average molecular weight is 284 g/mol. The molecule has 6 nitrogen and oxygen atoms in total. The standard InChI is InChI=1S/C14H28N4O2/c1-12(18-7-9-20-10-8-18)11-15-14(19)16-13-3-5-17(2)6-4-13/h12-13H,3-11H2,1-2H3,(H2,15,16,19). The second-order valence-electron chi connectivity index (χ2n) is 5.93. The van der Waals surface area contributed by atoms with Crippen LogP contribution in [-0.4, -0.2) is 80.9 Å². The van der Waals surface area contributed by atoms with Crippen molar-refractivity contribution in [1.82, 2.24) is 20.4 Å². The van der Waals surface area contributed by atoms with Crippen LogP contribution in [0.5, 0.6) is 0 Å². The first-order chi connectivity index (χ1) is 9.65. The number of carbonyl (C=O) groups excluding carboxylic acids is 1. The second kappa shape index (κ2) is 7.81. The van der Waals surface area contributed by atoms with Gasteiger partial charge >= 0.3 is 6.03 Å². The molecule has 2 rings (SSSR count). The summed E-state index contributed by atoms with van der Waals surface area (Å²) in [6, 6.07) is 0.659. The average Bonchev–Trinajstić information content (AvgIpc) is 2.48. The quantitative estimate of drug-likeness (QED) is 0.769. The molecule has 2 fully saturated rings. The minimum Gasteiger partial charge on any atom is -0.379 e. The molecule has 6 heteroatoms. The highest BCUT2D eigenvalue weighted by Gasteiger charge is 2.20. The molecule has 0 saturated carbocycles. The van der Waals surface area contributed by atoms with Crippen LogP contribution in [0.15, 0.2) is 0 Å². The number of likely N-dealkylation sites (tertiary alicyclic amines) is 1. The lowest BCUT2D eigenvalue weighted by molar-refractivity contribution is 0.0208. The van der Waals surface area contributed by atoms with Crippen molar-refractivity contribution in [2.45, 2.75) is 31.8 Å². The Bertz CT molecular complexity index is 300. The second-order valence-corrected chi connectivity index (χ2v) is 5.93. The van der Waals surface area contributed by atoms with Crippen molar-refractivity contribution in [3.8, 4) is 0 Å². The Morgan fingerprint density at radius 2 is 1.90 bits per heavy atom. The largest absolute Gasteiger partial charge is 0.379 e. The van der Waals surface area contributed by atoms with E-state index in [0.717, 1.165) is 52.2 Å². The normalized spacial score (nSPS) is 24.3. The van der Waals surface area contributed by atoms with Crippen molar-refractivity contribution in [3.05, 3.63) is 0 Å². The zero-order chi connectivity index (χ0) is 14.4. The molecule has 2 amide bonds. The van der Waals surface area contributed by atoms with E-state index in [2.05, 4.69) is 34.4 Å². The van der Waals surface area contributed by atoms with E-state index >= 15 is 0 Å². The van der Waals surface area contributed by atoms with Crippen LogP contribution in [0.3, 0.4) is 0 Å². The Balaban J connectivity index is 1.61. The number of hydrogen-bond donors (Lipinski definition) is 2. The minimum absolute atomic E-state index is 0.0281. The van der Waals surface area contributed by atoms with Gasteiger partial charge in [0.1, 0.15) is 0 Å². The Labute approximate surface area is 121 Å². The van der Waals surface area contributed by atoms with Gasteiger partial charge in [-0.15, -0.1) is 0 Å². The lowest BCUT2D eigenvalue weighted by atomic mass is 10.1. The highest BCUT2D eigenvalue weighted by Crippen LogP contribution is 2.08. The van der Waals surface area contributed by atoms with Gasteiger partial charge in [-0.1, -0.05) is 0 Å². The van der Waals surface area contributed by atoms with Crippen molar-refractivity contribution in [3.63, 3.8) is 0 Å². The van der Waals surface area contributed by atoms with Crippen LogP contribution in [0, 0.1) is 0 Å². The number of carbonyl (C=O) groups is 1. The van der Waals surface area contributed by atoms with Crippen LogP contribution < -0.4 is 10.6 Å². The van der Waals surface area contributed by atoms with E-state index in [4.69, 9.17) is 4.74 Å². The van der Waals surface area contributed by atoms with Gasteiger partial charge in [0.2, 0.25) is 0 Å². The topological polar surface area (TPSA) is 56.8 Å². The molecule has 20 heavy (non-hydrogen) atoms. The van der Waals surface area contributed by atoms with Crippen molar-refractivity contribution in [1.29, 1.82) is 0 Å². The monoisotopic (exact) mass is 284 g/mol. The molecule has 0 bridgehead atoms. The van der Waals surface area contributed by atoms with Crippen LogP contribution in [0.1, 0.15) is 19.8 Å². The summed E-state index contributed by atoms with van der Waals surface area (Å²) < 4.78 is 5.34. The van der Waals surface area contributed by atoms with Gasteiger partial charge in [0.25, 0.3) is 0 Å². The van der Waals surface area contributed by atoms with E-state index in [1.807, 2.05) is 0 Å². The highest BCUT2D eigenvalue weighted by molar-refractivity contribution is 5.74. The minimum atomic E-state index is -0.0281. The van der Waals surface area contributed by atoms with Crippen molar-refractivity contribution in [2.75, 3.05) is 53.0 Å². The van der Waals surface area contributed by atoms with Crippen molar-refractivity contribution >= 4 is 6.03 Å². The van der Waals surface area contributed by atoms with Gasteiger partial charge in [0, 0.05) is 31.7 Å². The fourth-order valence-corrected chi connectivity index (χ4v) is 2.78. The van der Waals surface area contributed by atoms with E-state index < -0.39 is 0 Å². The van der Waals surface area contributed by atoms with Gasteiger partial charge in [0.15, 0.2) is 0 Å². The van der Waals surface area contributed by atoms with Gasteiger partial charge in [-0.05, 0) is 39.9 Å². The van der Waals surface area contributed by atoms with Crippen LogP contribution in [-0.2, 0) is 4.74 Å². The summed E-state index contributed by atoms with van der Waals surface area (Å²) in [7, 11) is 2.13. The lowest BCUT2D eigenvalue weighted by Gasteiger charge is -2.33. The predicted octanol–water partition coefficient (Wildman–Crippen LogP) is 0.101. The van der Waals surface area contributed by atoms with Crippen LogP contribution >= 0.6 is 0 Å². The van der Waals surface area contributed by atoms with E-state index in [1.54, 1.807) is 0 Å². The summed E-state index contributed by atoms with van der Waals surface area (Å²) in [5.74, 6) is 0. The molecule has 0 aromatic heterocycles. The van der Waals surface area contributed by atoms with E-state index in [0.29, 0.717) is 18.6 Å². The van der Waals surface area contributed by atoms with Gasteiger partial charge < -0.3 is 20.3 Å². The third-order valence-corrected chi connectivity index (χ3v) is 4.28. The van der Waals surface area contributed by atoms with E-state index in [-0.39, 0.29) is 6.03 Å². The third-order valence-electron chi connectivity index (χ3n) is 4.28. The fourth-order valence-electron chi connectivity index (χ4n) is 2.78. The maximum Gasteiger partial charge on any atom is 0.315 e. The smallest absolute Gasteiger partial charge is 0.315 e. The van der Waals surface area contributed by atoms with Crippen molar-refractivity contribution < 1.29 is 9.53 Å². The SMILES string of the molecule is CC(CNC(=O)NC1CCN(C)CC1)N1CCOCC1. The zero-order valence-corrected chi connectivity index (χ0v) is 12.7. The molecular formula is C14H28N4O2. The first kappa shape index (κ1) is 15.5. The number of rotatable bonds is 4. The zero-order valence-electron chi connectivity index (χ0n) is 12.7. The molecule has 1 atom stereocenters. The maximum atomic E-state index is 11.9. The molecule has 2 aliphatic rings. The number of ether oxygens (including phenoxy) is 1. The third kappa shape index (κ3) is 4.92. The van der Waals surface area contributed by atoms with Gasteiger partial charge in [-0.3, -0.25) is 4.90 Å². The van der Waals surface area contributed by atoms with E-state index in [1.165, 1.54) is 0 Å². The number of urea groups is 1. The molecule has 0 aromatic carbocycles. The molecule has 2 saturated heterocycles. The molecule has 0 aliphatic carbocycles. The lowest BCUT2D eigenvalue weighted by Crippen LogP contribution is -2.51. The summed E-state index contributed by atoms with van der Waals surface area (Å²) in [6.45, 7) is 8.49. The molecule has 0 aromatic rings. The summed E-state index contributed by atoms with van der Waals surface area (Å²) in [5, 5.41) is 6.07. The Morgan fingerprint density at radius 3 is 2.55 bits per heavy atom. The predicted molar refractivity (Wildman–Crippen MR) is 78.9 cm³/mol. The molecule has 2 N–H and O–H groups in total. The molecule has 2 heterocycles. The Morgan fingerprint density at radius 1 is 1.25 bits per heavy atom. The molecule has 116 valence electrons. The number of amides is 2. The highest BCUT2D eigenvalue weighted by atomic mass is 16.5. The Kier molecular flexibility index (Phi) is 6.06. The van der Waals surface area contributed by atoms with Gasteiger partial charge in [0.05, 0.1) is 13.2 Å². The number of morpholine rings is 1. The van der Waals surface area contributed by atoms with Gasteiger partial charge in [-0.2, -0.15) is 0 Å². The summed E-state index contributed by atoms with van der Waals surface area (Å²) in [5.41, 5.74) is 0. The number of hydrogen-bond acceptors (Lipinski definition) is 4. The molecule has 0 radical (unpaired) electrons. The summed E-state index contributed by atoms with van der Waals surface area (Å²) >= 11 is 0. The van der Waals surface area contributed by atoms with E-state index in [9.17, 15) is 4.79 Å². The summed E-state index contributed by atoms with van der Waals surface area (Å²) in [6.07, 6.45) is 2.09. The van der Waals surface area contributed by atoms with Crippen molar-refractivity contribution in [2.24, 2.45) is 0 Å². The van der Waals surface area contributed by atoms with Crippen LogP contribution in [0.4, 0.5) is 4.79 Å². The van der Waals surface area contributed by atoms with Gasteiger partial charge in [-0.25, -0.2) is 4.79 Å². The molecule has 2 aliphatic heterocycles. The van der Waals surface area contributed by atoms with Crippen LogP contribution in [0.2, 0.25) is 0 Å². The maximum absolute atomic E-state index is 11.9. The first-order valence-electron chi connectivity index (χ1n) is 7.70. The fraction of sp³-hybridized carbons (Fsp3) is 0.929. The number of piperidine rings is 1. The molecule has 1 unspecified atom stereocenters. The molecule has 0 spiro atoms. The summed E-state index contributed by atoms with van der Waals surface area (Å²) in [4.78, 5) is 16.6. The number of nitrogens with zero attached hydrogens (tertiary/aromatic N) is 2. The molecular weight excluding hydrogens is 256 g/mol. The Hall–Kier alpha value is -0.850. The van der Waals surface area contributed by atoms with Crippen LogP contribution in [0.25, 0.3) is 0 Å².